The van der Waals surface area contributed by atoms with Gasteiger partial charge in [0.25, 0.3) is 0 Å². The van der Waals surface area contributed by atoms with E-state index in [9.17, 15) is 48.3 Å². The lowest BCUT2D eigenvalue weighted by Gasteiger charge is -2.38. The maximum atomic E-state index is 13.3. The third kappa shape index (κ3) is 4.22. The second-order valence-electron chi connectivity index (χ2n) is 5.36. The Morgan fingerprint density at radius 1 is 0.875 bits per heavy atom. The number of allylic oxidation sites excluding steroid dienone is 2. The minimum absolute atomic E-state index is 0.286. The Kier molecular flexibility index (Phi) is 5.12. The molecule has 0 aromatic rings. The van der Waals surface area contributed by atoms with Crippen molar-refractivity contribution in [3.63, 3.8) is 0 Å². The highest BCUT2D eigenvalue weighted by atomic mass is 19.4. The highest BCUT2D eigenvalue weighted by molar-refractivity contribution is 5.26. The third-order valence-corrected chi connectivity index (χ3v) is 2.90. The van der Waals surface area contributed by atoms with Crippen LogP contribution in [0.5, 0.6) is 0 Å². The zero-order valence-electron chi connectivity index (χ0n) is 11.6. The molecule has 0 spiro atoms. The number of hydrogen-bond acceptors (Lipinski definition) is 2. The van der Waals surface area contributed by atoms with Gasteiger partial charge in [0.1, 0.15) is 0 Å². The van der Waals surface area contributed by atoms with E-state index in [2.05, 4.69) is 9.47 Å². The van der Waals surface area contributed by atoms with Crippen molar-refractivity contribution in [3.8, 4) is 0 Å². The average molecular weight is 382 g/mol. The maximum absolute atomic E-state index is 13.3. The van der Waals surface area contributed by atoms with E-state index in [0.717, 1.165) is 0 Å². The van der Waals surface area contributed by atoms with Gasteiger partial charge in [-0.25, -0.2) is 0 Å². The molecule has 2 nitrogen and oxygen atoms in total. The maximum Gasteiger partial charge on any atom is 0.461 e. The van der Waals surface area contributed by atoms with Crippen molar-refractivity contribution in [1.82, 2.24) is 0 Å². The quantitative estimate of drug-likeness (QED) is 0.522. The van der Waals surface area contributed by atoms with Gasteiger partial charge in [-0.05, 0) is 0 Å². The van der Waals surface area contributed by atoms with Gasteiger partial charge < -0.3 is 9.47 Å². The fourth-order valence-corrected chi connectivity index (χ4v) is 1.65. The highest BCUT2D eigenvalue weighted by Crippen LogP contribution is 2.50. The van der Waals surface area contributed by atoms with Gasteiger partial charge in [-0.2, -0.15) is 48.3 Å². The van der Waals surface area contributed by atoms with Gasteiger partial charge in [0.05, 0.1) is 19.8 Å². The Hall–Kier alpha value is -1.27. The first-order chi connectivity index (χ1) is 10.4. The van der Waals surface area contributed by atoms with Crippen molar-refractivity contribution >= 4 is 0 Å². The van der Waals surface area contributed by atoms with E-state index in [-0.39, 0.29) is 13.2 Å². The van der Waals surface area contributed by atoms with Crippen LogP contribution in [0.3, 0.4) is 0 Å². The van der Waals surface area contributed by atoms with E-state index in [4.69, 9.17) is 0 Å². The van der Waals surface area contributed by atoms with Gasteiger partial charge in [0, 0.05) is 5.41 Å². The molecule has 142 valence electrons. The van der Waals surface area contributed by atoms with Crippen molar-refractivity contribution in [1.29, 1.82) is 0 Å². The van der Waals surface area contributed by atoms with Crippen LogP contribution < -0.4 is 0 Å². The first-order valence-electron chi connectivity index (χ1n) is 5.96. The molecule has 0 saturated carbocycles. The van der Waals surface area contributed by atoms with E-state index in [1.807, 2.05) is 0 Å². The SMILES string of the molecule is CC1(COC(=C(C(F)(F)F)C(F)(F)F)C(F)(F)C(F)(F)F)COC1. The van der Waals surface area contributed by atoms with Gasteiger partial charge in [-0.3, -0.25) is 0 Å². The van der Waals surface area contributed by atoms with Crippen molar-refractivity contribution in [3.05, 3.63) is 11.3 Å². The Morgan fingerprint density at radius 3 is 1.54 bits per heavy atom. The van der Waals surface area contributed by atoms with Crippen molar-refractivity contribution in [2.75, 3.05) is 19.8 Å². The molecular formula is C11H9F11O2. The lowest BCUT2D eigenvalue weighted by atomic mass is 9.90. The molecule has 0 atom stereocenters. The Balaban J connectivity index is 3.47. The van der Waals surface area contributed by atoms with E-state index in [1.54, 1.807) is 0 Å². The summed E-state index contributed by atoms with van der Waals surface area (Å²) >= 11 is 0. The Morgan fingerprint density at radius 2 is 1.29 bits per heavy atom. The van der Waals surface area contributed by atoms with Gasteiger partial charge in [-0.1, -0.05) is 6.92 Å². The first-order valence-corrected chi connectivity index (χ1v) is 5.96. The zero-order valence-corrected chi connectivity index (χ0v) is 11.6. The van der Waals surface area contributed by atoms with E-state index < -0.39 is 47.8 Å². The molecule has 0 unspecified atom stereocenters. The summed E-state index contributed by atoms with van der Waals surface area (Å²) in [6.45, 7) is -0.652. The van der Waals surface area contributed by atoms with Crippen molar-refractivity contribution in [2.24, 2.45) is 5.41 Å². The van der Waals surface area contributed by atoms with Crippen LogP contribution in [-0.2, 0) is 9.47 Å². The van der Waals surface area contributed by atoms with Crippen LogP contribution in [0.1, 0.15) is 6.92 Å². The molecule has 0 N–H and O–H groups in total. The van der Waals surface area contributed by atoms with Crippen LogP contribution in [0.4, 0.5) is 48.3 Å². The number of ether oxygens (including phenoxy) is 2. The Bertz CT molecular complexity index is 478. The van der Waals surface area contributed by atoms with E-state index in [0.29, 0.717) is 0 Å². The van der Waals surface area contributed by atoms with Gasteiger partial charge >= 0.3 is 24.5 Å². The molecule has 0 bridgehead atoms. The van der Waals surface area contributed by atoms with Crippen molar-refractivity contribution in [2.45, 2.75) is 31.4 Å². The summed E-state index contributed by atoms with van der Waals surface area (Å²) in [5.74, 6) is -10.0. The minimum atomic E-state index is -6.72. The fourth-order valence-electron chi connectivity index (χ4n) is 1.65. The first kappa shape index (κ1) is 20.8. The molecule has 1 saturated heterocycles. The summed E-state index contributed by atoms with van der Waals surface area (Å²) in [6.07, 6.45) is -19.8. The molecule has 0 radical (unpaired) electrons. The second-order valence-corrected chi connectivity index (χ2v) is 5.36. The number of halogens is 11. The molecule has 1 fully saturated rings. The van der Waals surface area contributed by atoms with E-state index in [1.165, 1.54) is 6.92 Å². The number of rotatable bonds is 4. The topological polar surface area (TPSA) is 18.5 Å². The smallest absolute Gasteiger partial charge is 0.461 e. The normalized spacial score (nSPS) is 18.8. The second kappa shape index (κ2) is 5.92. The monoisotopic (exact) mass is 382 g/mol. The average Bonchev–Trinajstić information content (AvgIpc) is 2.26. The number of hydrogen-bond donors (Lipinski definition) is 0. The third-order valence-electron chi connectivity index (χ3n) is 2.90. The molecule has 1 aliphatic rings. The fraction of sp³-hybridized carbons (Fsp3) is 0.818. The lowest BCUT2D eigenvalue weighted by molar-refractivity contribution is -0.284. The standard InChI is InChI=1S/C11H9F11O2/c1-7(2-23-3-7)4-24-6(8(12,13)11(20,21)22)5(9(14,15)16)10(17,18)19/h2-4H2,1H3. The summed E-state index contributed by atoms with van der Waals surface area (Å²) in [5, 5.41) is 0. The molecule has 0 amide bonds. The largest absolute Gasteiger partial charge is 0.490 e. The molecule has 0 aromatic carbocycles. The predicted molar refractivity (Wildman–Crippen MR) is 55.0 cm³/mol. The summed E-state index contributed by atoms with van der Waals surface area (Å²) < 4.78 is 147. The Labute approximate surface area is 127 Å². The summed E-state index contributed by atoms with van der Waals surface area (Å²) in [7, 11) is 0. The van der Waals surface area contributed by atoms with Gasteiger partial charge in [0.2, 0.25) is 0 Å². The summed E-state index contributed by atoms with van der Waals surface area (Å²) in [4.78, 5) is 0. The number of alkyl halides is 11. The van der Waals surface area contributed by atoms with Gasteiger partial charge in [-0.15, -0.1) is 0 Å². The summed E-state index contributed by atoms with van der Waals surface area (Å²) in [6, 6.07) is 0. The molecule has 24 heavy (non-hydrogen) atoms. The molecular weight excluding hydrogens is 373 g/mol. The van der Waals surface area contributed by atoms with E-state index >= 15 is 0 Å². The zero-order chi connectivity index (χ0) is 19.2. The molecule has 1 rings (SSSR count). The van der Waals surface area contributed by atoms with Gasteiger partial charge in [0.15, 0.2) is 11.3 Å². The predicted octanol–water partition coefficient (Wildman–Crippen LogP) is 4.62. The van der Waals surface area contributed by atoms with Crippen LogP contribution >= 0.6 is 0 Å². The molecule has 13 heteroatoms. The van der Waals surface area contributed by atoms with Crippen LogP contribution in [0.25, 0.3) is 0 Å². The molecule has 1 heterocycles. The highest BCUT2D eigenvalue weighted by Gasteiger charge is 2.68. The van der Waals surface area contributed by atoms with Crippen LogP contribution in [0.15, 0.2) is 11.3 Å². The molecule has 0 aliphatic carbocycles. The minimum Gasteiger partial charge on any atom is -0.490 e. The van der Waals surface area contributed by atoms with Crippen LogP contribution in [0.2, 0.25) is 0 Å². The van der Waals surface area contributed by atoms with Crippen LogP contribution in [0, 0.1) is 5.41 Å². The lowest BCUT2D eigenvalue weighted by Crippen LogP contribution is -2.47. The summed E-state index contributed by atoms with van der Waals surface area (Å²) in [5.41, 5.74) is -5.32. The molecule has 1 aliphatic heterocycles. The molecule has 0 aromatic heterocycles. The van der Waals surface area contributed by atoms with Crippen molar-refractivity contribution < 1.29 is 57.8 Å². The van der Waals surface area contributed by atoms with Crippen LogP contribution in [-0.4, -0.2) is 44.3 Å².